The summed E-state index contributed by atoms with van der Waals surface area (Å²) in [4.78, 5) is 14.7. The lowest BCUT2D eigenvalue weighted by atomic mass is 10.2. The molecule has 2 heterocycles. The highest BCUT2D eigenvalue weighted by Crippen LogP contribution is 2.23. The number of carbonyl (C=O) groups excluding carboxylic acids is 1. The number of likely N-dealkylation sites (N-methyl/N-ethyl adjacent to an activating group) is 1. The van der Waals surface area contributed by atoms with E-state index >= 15 is 0 Å². The Balaban J connectivity index is 1.54. The summed E-state index contributed by atoms with van der Waals surface area (Å²) < 4.78 is 26.2. The summed E-state index contributed by atoms with van der Waals surface area (Å²) in [5, 5.41) is 4.56. The molecule has 2 aromatic heterocycles. The summed E-state index contributed by atoms with van der Waals surface area (Å²) in [6, 6.07) is 20.8. The zero-order chi connectivity index (χ0) is 20.9. The van der Waals surface area contributed by atoms with Crippen molar-refractivity contribution in [3.8, 4) is 22.9 Å². The fourth-order valence-corrected chi connectivity index (χ4v) is 3.00. The fourth-order valence-electron chi connectivity index (χ4n) is 3.00. The Kier molecular flexibility index (Phi) is 5.61. The standard InChI is InChI=1S/C23H20FN3O3/c1-26(13-15-30-21-11-6-5-10-18(21)24)23(28)20-16-19(22-12-7-14-29-22)25-27(20)17-8-3-2-4-9-17/h2-12,14,16H,13,15H2,1H3. The zero-order valence-electron chi connectivity index (χ0n) is 16.4. The molecule has 4 aromatic rings. The van der Waals surface area contributed by atoms with E-state index in [-0.39, 0.29) is 24.8 Å². The highest BCUT2D eigenvalue weighted by molar-refractivity contribution is 5.94. The largest absolute Gasteiger partial charge is 0.489 e. The molecule has 0 bridgehead atoms. The van der Waals surface area contributed by atoms with Crippen LogP contribution in [0.2, 0.25) is 0 Å². The Bertz CT molecular complexity index is 1120. The minimum atomic E-state index is -0.434. The summed E-state index contributed by atoms with van der Waals surface area (Å²) in [5.74, 6) is 0.0649. The van der Waals surface area contributed by atoms with Crippen LogP contribution in [0.1, 0.15) is 10.5 Å². The van der Waals surface area contributed by atoms with E-state index in [1.165, 1.54) is 11.0 Å². The van der Waals surface area contributed by atoms with E-state index in [9.17, 15) is 9.18 Å². The Morgan fingerprint density at radius 3 is 2.60 bits per heavy atom. The molecule has 0 aliphatic rings. The summed E-state index contributed by atoms with van der Waals surface area (Å²) >= 11 is 0. The van der Waals surface area contributed by atoms with Crippen LogP contribution in [-0.2, 0) is 0 Å². The molecule has 30 heavy (non-hydrogen) atoms. The monoisotopic (exact) mass is 405 g/mol. The molecule has 7 heteroatoms. The number of benzene rings is 2. The molecule has 0 saturated carbocycles. The van der Waals surface area contributed by atoms with Crippen LogP contribution in [0.15, 0.2) is 83.5 Å². The van der Waals surface area contributed by atoms with Crippen molar-refractivity contribution < 1.29 is 18.3 Å². The third-order valence-electron chi connectivity index (χ3n) is 4.57. The predicted octanol–water partition coefficient (Wildman–Crippen LogP) is 4.42. The predicted molar refractivity (Wildman–Crippen MR) is 110 cm³/mol. The molecule has 0 aliphatic carbocycles. The van der Waals surface area contributed by atoms with Crippen LogP contribution < -0.4 is 4.74 Å². The van der Waals surface area contributed by atoms with Gasteiger partial charge in [-0.2, -0.15) is 5.10 Å². The van der Waals surface area contributed by atoms with Crippen LogP contribution in [0.4, 0.5) is 4.39 Å². The van der Waals surface area contributed by atoms with Gasteiger partial charge in [-0.05, 0) is 36.4 Å². The van der Waals surface area contributed by atoms with Crippen molar-refractivity contribution in [1.29, 1.82) is 0 Å². The maximum Gasteiger partial charge on any atom is 0.272 e. The van der Waals surface area contributed by atoms with E-state index in [0.717, 1.165) is 5.69 Å². The number of nitrogens with zero attached hydrogens (tertiary/aromatic N) is 3. The summed E-state index contributed by atoms with van der Waals surface area (Å²) in [7, 11) is 1.67. The Hall–Kier alpha value is -3.87. The first-order valence-electron chi connectivity index (χ1n) is 9.45. The first-order chi connectivity index (χ1) is 14.6. The lowest BCUT2D eigenvalue weighted by molar-refractivity contribution is 0.0764. The SMILES string of the molecule is CN(CCOc1ccccc1F)C(=O)c1cc(-c2ccco2)nn1-c1ccccc1. The molecule has 152 valence electrons. The summed E-state index contributed by atoms with van der Waals surface area (Å²) in [6.45, 7) is 0.441. The molecule has 0 radical (unpaired) electrons. The highest BCUT2D eigenvalue weighted by Gasteiger charge is 2.21. The minimum absolute atomic E-state index is 0.160. The van der Waals surface area contributed by atoms with Gasteiger partial charge in [0.2, 0.25) is 0 Å². The number of amides is 1. The second-order valence-corrected chi connectivity index (χ2v) is 6.65. The second kappa shape index (κ2) is 8.65. The van der Waals surface area contributed by atoms with E-state index in [0.29, 0.717) is 17.1 Å². The average Bonchev–Trinajstić information content (AvgIpc) is 3.45. The van der Waals surface area contributed by atoms with E-state index in [2.05, 4.69) is 5.10 Å². The first-order valence-corrected chi connectivity index (χ1v) is 9.45. The van der Waals surface area contributed by atoms with E-state index in [1.54, 1.807) is 54.4 Å². The topological polar surface area (TPSA) is 60.5 Å². The number of hydrogen-bond acceptors (Lipinski definition) is 4. The number of furan rings is 1. The van der Waals surface area contributed by atoms with Crippen molar-refractivity contribution in [3.05, 3.63) is 90.6 Å². The molecule has 0 N–H and O–H groups in total. The Labute approximate surface area is 173 Å². The average molecular weight is 405 g/mol. The van der Waals surface area contributed by atoms with Crippen molar-refractivity contribution in [2.24, 2.45) is 0 Å². The molecular weight excluding hydrogens is 385 g/mol. The lowest BCUT2D eigenvalue weighted by Gasteiger charge is -2.18. The van der Waals surface area contributed by atoms with Gasteiger partial charge in [-0.15, -0.1) is 0 Å². The number of carbonyl (C=O) groups is 1. The number of ether oxygens (including phenoxy) is 1. The Morgan fingerprint density at radius 2 is 1.87 bits per heavy atom. The van der Waals surface area contributed by atoms with Gasteiger partial charge in [0.1, 0.15) is 18.0 Å². The number of para-hydroxylation sites is 2. The van der Waals surface area contributed by atoms with Crippen molar-refractivity contribution in [3.63, 3.8) is 0 Å². The first kappa shape index (κ1) is 19.4. The number of hydrogen-bond donors (Lipinski definition) is 0. The molecule has 0 fully saturated rings. The summed E-state index contributed by atoms with van der Waals surface area (Å²) in [6.07, 6.45) is 1.56. The van der Waals surface area contributed by atoms with Crippen LogP contribution in [0.3, 0.4) is 0 Å². The molecule has 0 aliphatic heterocycles. The molecule has 2 aromatic carbocycles. The normalized spacial score (nSPS) is 10.7. The van der Waals surface area contributed by atoms with Crippen molar-refractivity contribution >= 4 is 5.91 Å². The maximum atomic E-state index is 13.7. The van der Waals surface area contributed by atoms with Gasteiger partial charge in [0.15, 0.2) is 17.3 Å². The van der Waals surface area contributed by atoms with Crippen LogP contribution in [0.25, 0.3) is 17.1 Å². The highest BCUT2D eigenvalue weighted by atomic mass is 19.1. The maximum absolute atomic E-state index is 13.7. The number of aromatic nitrogens is 2. The summed E-state index contributed by atoms with van der Waals surface area (Å²) in [5.41, 5.74) is 1.71. The smallest absolute Gasteiger partial charge is 0.272 e. The van der Waals surface area contributed by atoms with Crippen LogP contribution in [-0.4, -0.2) is 40.8 Å². The van der Waals surface area contributed by atoms with Crippen molar-refractivity contribution in [1.82, 2.24) is 14.7 Å². The van der Waals surface area contributed by atoms with Crippen LogP contribution in [0.5, 0.6) is 5.75 Å². The van der Waals surface area contributed by atoms with E-state index < -0.39 is 5.82 Å². The van der Waals surface area contributed by atoms with Gasteiger partial charge in [-0.1, -0.05) is 30.3 Å². The fraction of sp³-hybridized carbons (Fsp3) is 0.130. The second-order valence-electron chi connectivity index (χ2n) is 6.65. The van der Waals surface area contributed by atoms with Crippen molar-refractivity contribution in [2.75, 3.05) is 20.2 Å². The van der Waals surface area contributed by atoms with Gasteiger partial charge in [-0.25, -0.2) is 9.07 Å². The molecule has 1 amide bonds. The van der Waals surface area contributed by atoms with Gasteiger partial charge in [-0.3, -0.25) is 4.79 Å². The van der Waals surface area contributed by atoms with Gasteiger partial charge >= 0.3 is 0 Å². The molecular formula is C23H20FN3O3. The van der Waals surface area contributed by atoms with Gasteiger partial charge < -0.3 is 14.1 Å². The third kappa shape index (κ3) is 4.10. The van der Waals surface area contributed by atoms with Crippen LogP contribution >= 0.6 is 0 Å². The van der Waals surface area contributed by atoms with Gasteiger partial charge in [0.05, 0.1) is 18.5 Å². The molecule has 4 rings (SSSR count). The quantitative estimate of drug-likeness (QED) is 0.457. The van der Waals surface area contributed by atoms with E-state index in [4.69, 9.17) is 9.15 Å². The third-order valence-corrected chi connectivity index (χ3v) is 4.57. The van der Waals surface area contributed by atoms with Crippen molar-refractivity contribution in [2.45, 2.75) is 0 Å². The molecule has 0 spiro atoms. The molecule has 0 unspecified atom stereocenters. The van der Waals surface area contributed by atoms with E-state index in [1.807, 2.05) is 30.3 Å². The number of halogens is 1. The zero-order valence-corrected chi connectivity index (χ0v) is 16.4. The minimum Gasteiger partial charge on any atom is -0.489 e. The van der Waals surface area contributed by atoms with Crippen LogP contribution in [0, 0.1) is 5.82 Å². The van der Waals surface area contributed by atoms with Gasteiger partial charge in [0, 0.05) is 13.1 Å². The molecule has 0 atom stereocenters. The molecule has 0 saturated heterocycles. The Morgan fingerprint density at radius 1 is 1.10 bits per heavy atom. The number of rotatable bonds is 7. The molecule has 6 nitrogen and oxygen atoms in total. The lowest BCUT2D eigenvalue weighted by Crippen LogP contribution is -2.32. The van der Waals surface area contributed by atoms with Gasteiger partial charge in [0.25, 0.3) is 5.91 Å².